The maximum Gasteiger partial charge on any atom is 0.410 e. The number of piperidine rings is 1. The van der Waals surface area contributed by atoms with Crippen LogP contribution in [-0.2, 0) is 16.0 Å². The van der Waals surface area contributed by atoms with Crippen LogP contribution in [0.25, 0.3) is 10.8 Å². The molecule has 4 heterocycles. The lowest BCUT2D eigenvalue weighted by Crippen LogP contribution is -2.71. The first kappa shape index (κ1) is 18.5. The summed E-state index contributed by atoms with van der Waals surface area (Å²) >= 11 is 0. The van der Waals surface area contributed by atoms with E-state index in [-0.39, 0.29) is 36.1 Å². The van der Waals surface area contributed by atoms with Crippen LogP contribution < -0.4 is 5.56 Å². The van der Waals surface area contributed by atoms with Crippen molar-refractivity contribution in [1.82, 2.24) is 20.0 Å². The third kappa shape index (κ3) is 3.34. The molecule has 2 aromatic rings. The average Bonchev–Trinajstić information content (AvgIpc) is 2.62. The van der Waals surface area contributed by atoms with Crippen LogP contribution in [0, 0.1) is 0 Å². The number of rotatable bonds is 2. The van der Waals surface area contributed by atoms with Gasteiger partial charge < -0.3 is 9.64 Å². The van der Waals surface area contributed by atoms with Crippen LogP contribution in [-0.4, -0.2) is 62.8 Å². The number of benzene rings is 1. The summed E-state index contributed by atoms with van der Waals surface area (Å²) in [7, 11) is 0. The van der Waals surface area contributed by atoms with Crippen molar-refractivity contribution in [2.45, 2.75) is 51.3 Å². The molecule has 3 saturated heterocycles. The Hall–Kier alpha value is -2.90. The number of nitrogens with one attached hydrogen (secondary N) is 1. The van der Waals surface area contributed by atoms with E-state index in [1.54, 1.807) is 28.0 Å². The molecular weight excluding hydrogens is 360 g/mol. The van der Waals surface area contributed by atoms with Gasteiger partial charge in [0, 0.05) is 18.5 Å². The SMILES string of the molecule is CC(C)(C)OC(=O)N1C2CC1CN(C(=O)Cc1n[nH]c(=O)c3ccccc13)C2. The third-order valence-corrected chi connectivity index (χ3v) is 5.24. The highest BCUT2D eigenvalue weighted by atomic mass is 16.6. The number of aromatic nitrogens is 2. The Morgan fingerprint density at radius 1 is 1.18 bits per heavy atom. The van der Waals surface area contributed by atoms with Gasteiger partial charge in [-0.3, -0.25) is 14.5 Å². The van der Waals surface area contributed by atoms with Gasteiger partial charge in [0.1, 0.15) is 5.60 Å². The van der Waals surface area contributed by atoms with E-state index in [0.29, 0.717) is 29.6 Å². The van der Waals surface area contributed by atoms with Crippen molar-refractivity contribution < 1.29 is 14.3 Å². The number of ether oxygens (including phenoxy) is 1. The van der Waals surface area contributed by atoms with Crippen molar-refractivity contribution >= 4 is 22.8 Å². The largest absolute Gasteiger partial charge is 0.444 e. The second-order valence-corrected chi connectivity index (χ2v) is 8.45. The lowest BCUT2D eigenvalue weighted by Gasteiger charge is -2.55. The molecule has 3 aliphatic heterocycles. The van der Waals surface area contributed by atoms with Gasteiger partial charge in [0.15, 0.2) is 0 Å². The molecule has 1 aromatic heterocycles. The van der Waals surface area contributed by atoms with E-state index < -0.39 is 5.60 Å². The molecule has 0 saturated carbocycles. The van der Waals surface area contributed by atoms with E-state index in [0.717, 1.165) is 6.42 Å². The Kier molecular flexibility index (Phi) is 4.36. The van der Waals surface area contributed by atoms with Crippen molar-refractivity contribution in [3.8, 4) is 0 Å². The van der Waals surface area contributed by atoms with Crippen LogP contribution in [0.15, 0.2) is 29.1 Å². The van der Waals surface area contributed by atoms with Crippen molar-refractivity contribution in [2.75, 3.05) is 13.1 Å². The summed E-state index contributed by atoms with van der Waals surface area (Å²) in [5.41, 5.74) is -0.240. The van der Waals surface area contributed by atoms with Gasteiger partial charge >= 0.3 is 6.09 Å². The Bertz CT molecular complexity index is 982. The van der Waals surface area contributed by atoms with Crippen LogP contribution in [0.5, 0.6) is 0 Å². The van der Waals surface area contributed by atoms with Gasteiger partial charge in [-0.25, -0.2) is 9.89 Å². The van der Waals surface area contributed by atoms with Crippen molar-refractivity contribution in [2.24, 2.45) is 0 Å². The maximum absolute atomic E-state index is 12.8. The third-order valence-electron chi connectivity index (χ3n) is 5.24. The zero-order valence-electron chi connectivity index (χ0n) is 16.3. The molecule has 8 nitrogen and oxygen atoms in total. The number of hydrogen-bond donors (Lipinski definition) is 1. The highest BCUT2D eigenvalue weighted by Gasteiger charge is 2.49. The fraction of sp³-hybridized carbons (Fsp3) is 0.500. The van der Waals surface area contributed by atoms with Crippen LogP contribution in [0.1, 0.15) is 32.9 Å². The molecular formula is C20H24N4O4. The number of aromatic amines is 1. The fourth-order valence-electron chi connectivity index (χ4n) is 3.99. The molecule has 3 fully saturated rings. The quantitative estimate of drug-likeness (QED) is 0.850. The number of carbonyl (C=O) groups is 2. The highest BCUT2D eigenvalue weighted by Crippen LogP contribution is 2.34. The zero-order valence-corrected chi connectivity index (χ0v) is 16.3. The smallest absolute Gasteiger partial charge is 0.410 e. The first-order chi connectivity index (χ1) is 13.2. The monoisotopic (exact) mass is 384 g/mol. The minimum Gasteiger partial charge on any atom is -0.444 e. The van der Waals surface area contributed by atoms with E-state index in [1.807, 2.05) is 26.8 Å². The summed E-state index contributed by atoms with van der Waals surface area (Å²) in [5.74, 6) is -0.0526. The van der Waals surface area contributed by atoms with E-state index >= 15 is 0 Å². The standard InChI is InChI=1S/C20H24N4O4/c1-20(2,3)28-19(27)24-12-8-13(24)11-23(10-12)17(25)9-16-14-6-4-5-7-15(14)18(26)22-21-16/h4-7,12-13H,8-11H2,1-3H3,(H,22,26). The van der Waals surface area contributed by atoms with Crippen LogP contribution in [0.2, 0.25) is 0 Å². The van der Waals surface area contributed by atoms with E-state index in [2.05, 4.69) is 10.2 Å². The minimum absolute atomic E-state index is 0.00201. The van der Waals surface area contributed by atoms with Gasteiger partial charge in [-0.2, -0.15) is 5.10 Å². The summed E-state index contributed by atoms with van der Waals surface area (Å²) in [6.07, 6.45) is 0.695. The Balaban J connectivity index is 1.44. The minimum atomic E-state index is -0.534. The number of piperazine rings is 1. The topological polar surface area (TPSA) is 95.6 Å². The number of hydrogen-bond acceptors (Lipinski definition) is 5. The molecule has 2 amide bonds. The molecule has 2 atom stereocenters. The molecule has 0 aliphatic carbocycles. The zero-order chi connectivity index (χ0) is 20.1. The molecule has 0 spiro atoms. The van der Waals surface area contributed by atoms with Crippen LogP contribution >= 0.6 is 0 Å². The molecule has 28 heavy (non-hydrogen) atoms. The van der Waals surface area contributed by atoms with Crippen LogP contribution in [0.3, 0.4) is 0 Å². The molecule has 3 aliphatic rings. The molecule has 2 bridgehead atoms. The predicted octanol–water partition coefficient (Wildman–Crippen LogP) is 1.69. The average molecular weight is 384 g/mol. The van der Waals surface area contributed by atoms with Crippen molar-refractivity contribution in [3.05, 3.63) is 40.3 Å². The molecule has 1 N–H and O–H groups in total. The Morgan fingerprint density at radius 2 is 1.82 bits per heavy atom. The van der Waals surface area contributed by atoms with Crippen molar-refractivity contribution in [1.29, 1.82) is 0 Å². The number of carbonyl (C=O) groups excluding carboxylic acids is 2. The first-order valence-corrected chi connectivity index (χ1v) is 9.48. The lowest BCUT2D eigenvalue weighted by atomic mass is 9.87. The van der Waals surface area contributed by atoms with Gasteiger partial charge in [0.05, 0.1) is 29.6 Å². The first-order valence-electron chi connectivity index (χ1n) is 9.48. The number of fused-ring (bicyclic) bond motifs is 3. The number of amides is 2. The molecule has 1 aromatic carbocycles. The molecule has 148 valence electrons. The summed E-state index contributed by atoms with van der Waals surface area (Å²) in [5, 5.41) is 7.77. The van der Waals surface area contributed by atoms with E-state index in [9.17, 15) is 14.4 Å². The van der Waals surface area contributed by atoms with Crippen LogP contribution in [0.4, 0.5) is 4.79 Å². The van der Waals surface area contributed by atoms with E-state index in [1.165, 1.54) is 0 Å². The lowest BCUT2D eigenvalue weighted by molar-refractivity contribution is -0.142. The maximum atomic E-state index is 12.8. The van der Waals surface area contributed by atoms with Gasteiger partial charge in [0.2, 0.25) is 5.91 Å². The highest BCUT2D eigenvalue weighted by molar-refractivity contribution is 5.88. The van der Waals surface area contributed by atoms with E-state index in [4.69, 9.17) is 4.74 Å². The normalized spacial score (nSPS) is 21.4. The fourth-order valence-corrected chi connectivity index (χ4v) is 3.99. The molecule has 0 radical (unpaired) electrons. The predicted molar refractivity (Wildman–Crippen MR) is 103 cm³/mol. The van der Waals surface area contributed by atoms with Gasteiger partial charge in [-0.15, -0.1) is 0 Å². The second kappa shape index (κ2) is 6.61. The Labute approximate surface area is 162 Å². The Morgan fingerprint density at radius 3 is 2.46 bits per heavy atom. The van der Waals surface area contributed by atoms with Gasteiger partial charge in [-0.1, -0.05) is 18.2 Å². The molecule has 2 unspecified atom stereocenters. The second-order valence-electron chi connectivity index (χ2n) is 8.45. The summed E-state index contributed by atoms with van der Waals surface area (Å²) in [6.45, 7) is 6.53. The molecule has 5 rings (SSSR count). The van der Waals surface area contributed by atoms with Gasteiger partial charge in [-0.05, 0) is 33.3 Å². The molecule has 8 heteroatoms. The number of H-pyrrole nitrogens is 1. The van der Waals surface area contributed by atoms with Crippen molar-refractivity contribution in [3.63, 3.8) is 0 Å². The summed E-state index contributed by atoms with van der Waals surface area (Å²) < 4.78 is 5.47. The number of nitrogens with zero attached hydrogens (tertiary/aromatic N) is 3. The summed E-state index contributed by atoms with van der Waals surface area (Å²) in [6, 6.07) is 7.13. The van der Waals surface area contributed by atoms with Gasteiger partial charge in [0.25, 0.3) is 5.56 Å². The summed E-state index contributed by atoms with van der Waals surface area (Å²) in [4.78, 5) is 40.6.